The number of hydrogen-bond acceptors (Lipinski definition) is 4. The Morgan fingerprint density at radius 1 is 1.16 bits per heavy atom. The average molecular weight is 440 g/mol. The zero-order valence-electron chi connectivity index (χ0n) is 17.9. The molecule has 0 spiro atoms. The maximum atomic E-state index is 13.7. The van der Waals surface area contributed by atoms with E-state index in [9.17, 15) is 9.59 Å². The van der Waals surface area contributed by atoms with E-state index in [0.717, 1.165) is 17.5 Å². The van der Waals surface area contributed by atoms with E-state index in [1.54, 1.807) is 17.9 Å². The zero-order valence-corrected chi connectivity index (χ0v) is 18.7. The molecule has 0 unspecified atom stereocenters. The van der Waals surface area contributed by atoms with E-state index < -0.39 is 17.9 Å². The van der Waals surface area contributed by atoms with Gasteiger partial charge in [0.15, 0.2) is 5.92 Å². The number of amides is 1. The maximum absolute atomic E-state index is 13.7. The number of carbonyl (C=O) groups excluding carboxylic acids is 2. The minimum absolute atomic E-state index is 0.196. The predicted octanol–water partition coefficient (Wildman–Crippen LogP) is 4.85. The number of ether oxygens (including phenoxy) is 1. The molecule has 1 aliphatic heterocycles. The van der Waals surface area contributed by atoms with E-state index in [1.807, 2.05) is 47.0 Å². The largest absolute Gasteiger partial charge is 0.465 e. The Morgan fingerprint density at radius 2 is 1.87 bits per heavy atom. The Balaban J connectivity index is 1.98. The lowest BCUT2D eigenvalue weighted by Crippen LogP contribution is -2.50. The second-order valence-corrected chi connectivity index (χ2v) is 8.55. The molecule has 0 saturated heterocycles. The highest BCUT2D eigenvalue weighted by Gasteiger charge is 2.48. The first-order chi connectivity index (χ1) is 14.9. The van der Waals surface area contributed by atoms with Crippen molar-refractivity contribution in [3.8, 4) is 0 Å². The molecule has 1 aromatic heterocycles. The number of hydrogen-bond donors (Lipinski definition) is 0. The minimum atomic E-state index is -1.04. The molecule has 1 aliphatic rings. The molecular weight excluding hydrogens is 414 g/mol. The molecule has 2 atom stereocenters. The number of aromatic nitrogens is 2. The van der Waals surface area contributed by atoms with Gasteiger partial charge in [-0.3, -0.25) is 14.5 Å². The van der Waals surface area contributed by atoms with E-state index >= 15 is 0 Å². The molecule has 162 valence electrons. The van der Waals surface area contributed by atoms with Gasteiger partial charge < -0.3 is 9.30 Å². The van der Waals surface area contributed by atoms with Gasteiger partial charge in [-0.15, -0.1) is 0 Å². The summed E-state index contributed by atoms with van der Waals surface area (Å²) in [5, 5.41) is 0.494. The third-order valence-electron chi connectivity index (χ3n) is 5.64. The summed E-state index contributed by atoms with van der Waals surface area (Å²) in [7, 11) is 0. The molecular formula is C24H26ClN3O3. The summed E-state index contributed by atoms with van der Waals surface area (Å²) in [5.41, 5.74) is 2.31. The van der Waals surface area contributed by atoms with E-state index in [1.165, 1.54) is 0 Å². The summed E-state index contributed by atoms with van der Waals surface area (Å²) >= 11 is 6.57. The number of benzene rings is 2. The summed E-state index contributed by atoms with van der Waals surface area (Å²) < 4.78 is 7.33. The second kappa shape index (κ2) is 8.71. The first-order valence-corrected chi connectivity index (χ1v) is 11.0. The molecule has 4 rings (SSSR count). The van der Waals surface area contributed by atoms with Crippen molar-refractivity contribution < 1.29 is 14.3 Å². The highest BCUT2D eigenvalue weighted by molar-refractivity contribution is 6.31. The Labute approximate surface area is 186 Å². The zero-order chi connectivity index (χ0) is 22.1. The number of imidazole rings is 1. The number of anilines is 1. The standard InChI is InChI=1S/C24H26ClN3O3/c1-4-31-23(30)20-21(16-9-5-6-10-17(16)25)28-19-12-8-7-11-18(19)26-24(28)27(22(20)29)14-13-15(2)3/h5-12,15,20-21H,4,13-14H2,1-3H3/t20-,21+/m1/s1. The molecule has 6 nitrogen and oxygen atoms in total. The van der Waals surface area contributed by atoms with Crippen LogP contribution in [0.5, 0.6) is 0 Å². The summed E-state index contributed by atoms with van der Waals surface area (Å²) in [6, 6.07) is 14.4. The Kier molecular flexibility index (Phi) is 6.01. The van der Waals surface area contributed by atoms with E-state index in [2.05, 4.69) is 13.8 Å². The van der Waals surface area contributed by atoms with Crippen molar-refractivity contribution in [3.63, 3.8) is 0 Å². The second-order valence-electron chi connectivity index (χ2n) is 8.14. The summed E-state index contributed by atoms with van der Waals surface area (Å²) in [6.45, 7) is 6.62. The van der Waals surface area contributed by atoms with Crippen molar-refractivity contribution in [1.82, 2.24) is 9.55 Å². The number of rotatable bonds is 6. The van der Waals surface area contributed by atoms with Crippen LogP contribution in [-0.2, 0) is 14.3 Å². The Hall–Kier alpha value is -2.86. The summed E-state index contributed by atoms with van der Waals surface area (Å²) in [4.78, 5) is 33.2. The third-order valence-corrected chi connectivity index (χ3v) is 5.98. The number of para-hydroxylation sites is 2. The average Bonchev–Trinajstić information content (AvgIpc) is 3.12. The molecule has 2 heterocycles. The van der Waals surface area contributed by atoms with Gasteiger partial charge in [0.2, 0.25) is 11.9 Å². The van der Waals surface area contributed by atoms with Gasteiger partial charge in [0, 0.05) is 11.6 Å². The molecule has 0 radical (unpaired) electrons. The first-order valence-electron chi connectivity index (χ1n) is 10.6. The lowest BCUT2D eigenvalue weighted by Gasteiger charge is -2.38. The van der Waals surface area contributed by atoms with Crippen molar-refractivity contribution in [1.29, 1.82) is 0 Å². The fraction of sp³-hybridized carbons (Fsp3) is 0.375. The van der Waals surface area contributed by atoms with Crippen molar-refractivity contribution in [2.24, 2.45) is 11.8 Å². The van der Waals surface area contributed by atoms with Crippen LogP contribution < -0.4 is 4.90 Å². The van der Waals surface area contributed by atoms with E-state index in [-0.39, 0.29) is 12.5 Å². The normalized spacial score (nSPS) is 18.5. The van der Waals surface area contributed by atoms with Gasteiger partial charge in [0.05, 0.1) is 23.7 Å². The van der Waals surface area contributed by atoms with Gasteiger partial charge in [0.25, 0.3) is 0 Å². The van der Waals surface area contributed by atoms with Crippen LogP contribution in [-0.4, -0.2) is 34.6 Å². The van der Waals surface area contributed by atoms with Gasteiger partial charge in [-0.05, 0) is 43.0 Å². The lowest BCUT2D eigenvalue weighted by molar-refractivity contribution is -0.153. The predicted molar refractivity (Wildman–Crippen MR) is 121 cm³/mol. The number of carbonyl (C=O) groups is 2. The number of halogens is 1. The van der Waals surface area contributed by atoms with E-state index in [0.29, 0.717) is 29.0 Å². The van der Waals surface area contributed by atoms with Gasteiger partial charge in [0.1, 0.15) is 0 Å². The first kappa shape index (κ1) is 21.4. The molecule has 0 saturated carbocycles. The smallest absolute Gasteiger partial charge is 0.321 e. The van der Waals surface area contributed by atoms with Gasteiger partial charge in [-0.1, -0.05) is 55.8 Å². The third kappa shape index (κ3) is 3.81. The van der Waals surface area contributed by atoms with Crippen molar-refractivity contribution in [3.05, 3.63) is 59.1 Å². The number of nitrogens with zero attached hydrogens (tertiary/aromatic N) is 3. The highest BCUT2D eigenvalue weighted by Crippen LogP contribution is 2.43. The fourth-order valence-corrected chi connectivity index (χ4v) is 4.39. The Bertz CT molecular complexity index is 1120. The summed E-state index contributed by atoms with van der Waals surface area (Å²) in [5.74, 6) is -0.954. The van der Waals surface area contributed by atoms with Gasteiger partial charge >= 0.3 is 5.97 Å². The topological polar surface area (TPSA) is 64.4 Å². The van der Waals surface area contributed by atoms with Crippen LogP contribution in [0.15, 0.2) is 48.5 Å². The van der Waals surface area contributed by atoms with E-state index in [4.69, 9.17) is 21.3 Å². The van der Waals surface area contributed by atoms with Crippen LogP contribution in [0.25, 0.3) is 11.0 Å². The van der Waals surface area contributed by atoms with Crippen LogP contribution in [0, 0.1) is 11.8 Å². The quantitative estimate of drug-likeness (QED) is 0.406. The molecule has 0 fully saturated rings. The highest BCUT2D eigenvalue weighted by atomic mass is 35.5. The van der Waals surface area contributed by atoms with Gasteiger partial charge in [-0.2, -0.15) is 0 Å². The SMILES string of the molecule is CCOC(=O)[C@H]1C(=O)N(CCC(C)C)c2nc3ccccc3n2[C@H]1c1ccccc1Cl. The van der Waals surface area contributed by atoms with Crippen LogP contribution in [0.2, 0.25) is 5.02 Å². The number of esters is 1. The molecule has 7 heteroatoms. The molecule has 1 amide bonds. The lowest BCUT2D eigenvalue weighted by atomic mass is 9.89. The Morgan fingerprint density at radius 3 is 2.58 bits per heavy atom. The van der Waals surface area contributed by atoms with Crippen LogP contribution >= 0.6 is 11.6 Å². The van der Waals surface area contributed by atoms with Crippen molar-refractivity contribution in [2.75, 3.05) is 18.1 Å². The van der Waals surface area contributed by atoms with Crippen LogP contribution in [0.4, 0.5) is 5.95 Å². The molecule has 31 heavy (non-hydrogen) atoms. The van der Waals surface area contributed by atoms with Crippen molar-refractivity contribution >= 4 is 40.5 Å². The van der Waals surface area contributed by atoms with Crippen LogP contribution in [0.1, 0.15) is 38.8 Å². The van der Waals surface area contributed by atoms with Crippen LogP contribution in [0.3, 0.4) is 0 Å². The molecule has 0 N–H and O–H groups in total. The molecule has 0 aliphatic carbocycles. The molecule has 2 aromatic carbocycles. The molecule has 3 aromatic rings. The molecule has 0 bridgehead atoms. The number of fused-ring (bicyclic) bond motifs is 3. The monoisotopic (exact) mass is 439 g/mol. The minimum Gasteiger partial charge on any atom is -0.465 e. The van der Waals surface area contributed by atoms with Crippen molar-refractivity contribution in [2.45, 2.75) is 33.2 Å². The summed E-state index contributed by atoms with van der Waals surface area (Å²) in [6.07, 6.45) is 0.793. The van der Waals surface area contributed by atoms with Gasteiger partial charge in [-0.25, -0.2) is 4.98 Å². The fourth-order valence-electron chi connectivity index (χ4n) is 4.14. The maximum Gasteiger partial charge on any atom is 0.321 e.